The van der Waals surface area contributed by atoms with Crippen molar-refractivity contribution in [3.63, 3.8) is 0 Å². The predicted octanol–water partition coefficient (Wildman–Crippen LogP) is 1.72. The Labute approximate surface area is 71.4 Å². The van der Waals surface area contributed by atoms with Crippen LogP contribution >= 0.6 is 0 Å². The summed E-state index contributed by atoms with van der Waals surface area (Å²) in [6.07, 6.45) is 13.6. The molecule has 12 heavy (non-hydrogen) atoms. The minimum atomic E-state index is -0.147. The van der Waals surface area contributed by atoms with Crippen molar-refractivity contribution >= 4 is 0 Å². The number of hydrogen-bond acceptors (Lipinski definition) is 2. The molecular weight excluding hydrogens is 148 g/mol. The van der Waals surface area contributed by atoms with Gasteiger partial charge in [0.15, 0.2) is 0 Å². The molecule has 0 aliphatic carbocycles. The van der Waals surface area contributed by atoms with Crippen molar-refractivity contribution in [2.24, 2.45) is 0 Å². The normalized spacial score (nSPS) is 24.8. The molecule has 2 aliphatic heterocycles. The van der Waals surface area contributed by atoms with Gasteiger partial charge in [0.2, 0.25) is 0 Å². The molecule has 0 aromatic heterocycles. The lowest BCUT2D eigenvalue weighted by atomic mass is 10.1. The second-order valence-corrected chi connectivity index (χ2v) is 2.66. The first-order valence-electron chi connectivity index (χ1n) is 3.83. The maximum absolute atomic E-state index is 8.80. The smallest absolute Gasteiger partial charge is 0.139 e. The first-order chi connectivity index (χ1) is 5.92. The predicted molar refractivity (Wildman–Crippen MR) is 46.7 cm³/mol. The van der Waals surface area contributed by atoms with Crippen LogP contribution in [0.3, 0.4) is 0 Å². The monoisotopic (exact) mass is 156 g/mol. The molecule has 0 spiro atoms. The van der Waals surface area contributed by atoms with Crippen LogP contribution in [0, 0.1) is 11.3 Å². The fourth-order valence-corrected chi connectivity index (χ4v) is 1.32. The molecular formula is C10H8N2. The topological polar surface area (TPSA) is 27.0 Å². The molecule has 2 rings (SSSR count). The van der Waals surface area contributed by atoms with E-state index in [1.54, 1.807) is 0 Å². The van der Waals surface area contributed by atoms with E-state index in [4.69, 9.17) is 5.26 Å². The molecule has 0 radical (unpaired) electrons. The van der Waals surface area contributed by atoms with Crippen LogP contribution in [-0.2, 0) is 0 Å². The van der Waals surface area contributed by atoms with Crippen molar-refractivity contribution < 1.29 is 0 Å². The van der Waals surface area contributed by atoms with Crippen molar-refractivity contribution in [2.45, 2.75) is 6.04 Å². The van der Waals surface area contributed by atoms with E-state index >= 15 is 0 Å². The molecule has 0 bridgehead atoms. The molecule has 2 heteroatoms. The summed E-state index contributed by atoms with van der Waals surface area (Å²) in [5.74, 6) is 0. The van der Waals surface area contributed by atoms with Gasteiger partial charge >= 0.3 is 0 Å². The number of rotatable bonds is 0. The molecule has 2 aliphatic rings. The zero-order chi connectivity index (χ0) is 8.39. The highest BCUT2D eigenvalue weighted by atomic mass is 15.1. The number of fused-ring (bicyclic) bond motifs is 1. The summed E-state index contributed by atoms with van der Waals surface area (Å²) in [4.78, 5) is 1.94. The summed E-state index contributed by atoms with van der Waals surface area (Å²) in [6.45, 7) is 0. The average molecular weight is 156 g/mol. The summed E-state index contributed by atoms with van der Waals surface area (Å²) in [7, 11) is 0. The quantitative estimate of drug-likeness (QED) is 0.534. The SMILES string of the molecule is N#CC1C=CC=C2C=CC=CN21. The van der Waals surface area contributed by atoms with Gasteiger partial charge in [-0.05, 0) is 24.3 Å². The van der Waals surface area contributed by atoms with Gasteiger partial charge in [0.25, 0.3) is 0 Å². The van der Waals surface area contributed by atoms with Gasteiger partial charge in [-0.25, -0.2) is 0 Å². The Morgan fingerprint density at radius 1 is 1.33 bits per heavy atom. The third-order valence-electron chi connectivity index (χ3n) is 1.92. The van der Waals surface area contributed by atoms with Gasteiger partial charge in [0, 0.05) is 11.9 Å². The Balaban J connectivity index is 2.36. The van der Waals surface area contributed by atoms with Gasteiger partial charge in [0.05, 0.1) is 6.07 Å². The zero-order valence-electron chi connectivity index (χ0n) is 6.51. The average Bonchev–Trinajstić information content (AvgIpc) is 2.17. The second-order valence-electron chi connectivity index (χ2n) is 2.66. The number of nitriles is 1. The third kappa shape index (κ3) is 0.960. The molecule has 0 aromatic carbocycles. The molecule has 0 fully saturated rings. The highest BCUT2D eigenvalue weighted by molar-refractivity contribution is 5.37. The van der Waals surface area contributed by atoms with E-state index in [1.165, 1.54) is 0 Å². The lowest BCUT2D eigenvalue weighted by molar-refractivity contribution is 0.458. The molecule has 0 amide bonds. The van der Waals surface area contributed by atoms with Crippen LogP contribution in [0.5, 0.6) is 0 Å². The lowest BCUT2D eigenvalue weighted by Crippen LogP contribution is -2.29. The highest BCUT2D eigenvalue weighted by Crippen LogP contribution is 2.20. The standard InChI is InChI=1S/C10H8N2/c11-8-10-6-3-5-9-4-1-2-7-12(9)10/h1-7,10H. The van der Waals surface area contributed by atoms with Crippen LogP contribution in [0.15, 0.2) is 48.4 Å². The van der Waals surface area contributed by atoms with E-state index in [-0.39, 0.29) is 6.04 Å². The molecule has 1 unspecified atom stereocenters. The maximum Gasteiger partial charge on any atom is 0.139 e. The fraction of sp³-hybridized carbons (Fsp3) is 0.100. The van der Waals surface area contributed by atoms with E-state index in [9.17, 15) is 0 Å². The van der Waals surface area contributed by atoms with Crippen molar-refractivity contribution in [2.75, 3.05) is 0 Å². The van der Waals surface area contributed by atoms with Gasteiger partial charge in [0.1, 0.15) is 6.04 Å². The molecule has 1 atom stereocenters. The van der Waals surface area contributed by atoms with Gasteiger partial charge in [-0.1, -0.05) is 12.2 Å². The molecule has 0 N–H and O–H groups in total. The van der Waals surface area contributed by atoms with Crippen molar-refractivity contribution in [3.05, 3.63) is 48.4 Å². The minimum Gasteiger partial charge on any atom is -0.328 e. The second kappa shape index (κ2) is 2.71. The van der Waals surface area contributed by atoms with Crippen molar-refractivity contribution in [1.29, 1.82) is 5.26 Å². The highest BCUT2D eigenvalue weighted by Gasteiger charge is 2.17. The Kier molecular flexibility index (Phi) is 1.56. The van der Waals surface area contributed by atoms with Crippen molar-refractivity contribution in [3.8, 4) is 6.07 Å². The number of hydrogen-bond donors (Lipinski definition) is 0. The van der Waals surface area contributed by atoms with E-state index in [2.05, 4.69) is 6.07 Å². The van der Waals surface area contributed by atoms with Crippen LogP contribution in [-0.4, -0.2) is 10.9 Å². The first kappa shape index (κ1) is 6.93. The summed E-state index contributed by atoms with van der Waals surface area (Å²) < 4.78 is 0. The van der Waals surface area contributed by atoms with Gasteiger partial charge < -0.3 is 4.90 Å². The fourth-order valence-electron chi connectivity index (χ4n) is 1.32. The third-order valence-corrected chi connectivity index (χ3v) is 1.92. The van der Waals surface area contributed by atoms with Gasteiger partial charge in [-0.3, -0.25) is 0 Å². The van der Waals surface area contributed by atoms with Crippen LogP contribution in [0.4, 0.5) is 0 Å². The number of allylic oxidation sites excluding steroid dienone is 5. The van der Waals surface area contributed by atoms with Crippen LogP contribution in [0.2, 0.25) is 0 Å². The minimum absolute atomic E-state index is 0.147. The van der Waals surface area contributed by atoms with Crippen LogP contribution in [0.25, 0.3) is 0 Å². The molecule has 2 heterocycles. The Bertz CT molecular complexity index is 339. The molecule has 58 valence electrons. The largest absolute Gasteiger partial charge is 0.328 e. The molecule has 2 nitrogen and oxygen atoms in total. The summed E-state index contributed by atoms with van der Waals surface area (Å²) in [5.41, 5.74) is 1.08. The Hall–Kier alpha value is -1.75. The summed E-state index contributed by atoms with van der Waals surface area (Å²) >= 11 is 0. The maximum atomic E-state index is 8.80. The molecule has 0 saturated carbocycles. The molecule has 0 aromatic rings. The lowest BCUT2D eigenvalue weighted by Gasteiger charge is -2.28. The van der Waals surface area contributed by atoms with Gasteiger partial charge in [-0.15, -0.1) is 0 Å². The zero-order valence-corrected chi connectivity index (χ0v) is 6.51. The first-order valence-corrected chi connectivity index (χ1v) is 3.83. The number of nitrogens with zero attached hydrogens (tertiary/aromatic N) is 2. The van der Waals surface area contributed by atoms with Crippen LogP contribution < -0.4 is 0 Å². The summed E-state index contributed by atoms with van der Waals surface area (Å²) in [6, 6.07) is 2.07. The van der Waals surface area contributed by atoms with E-state index < -0.39 is 0 Å². The van der Waals surface area contributed by atoms with E-state index in [1.807, 2.05) is 47.6 Å². The Morgan fingerprint density at radius 3 is 3.08 bits per heavy atom. The van der Waals surface area contributed by atoms with E-state index in [0.717, 1.165) is 5.70 Å². The summed E-state index contributed by atoms with van der Waals surface area (Å²) in [5, 5.41) is 8.80. The van der Waals surface area contributed by atoms with Gasteiger partial charge in [-0.2, -0.15) is 5.26 Å². The Morgan fingerprint density at radius 2 is 2.25 bits per heavy atom. The van der Waals surface area contributed by atoms with Crippen LogP contribution in [0.1, 0.15) is 0 Å². The van der Waals surface area contributed by atoms with Crippen molar-refractivity contribution in [1.82, 2.24) is 4.90 Å². The molecule has 0 saturated heterocycles. The van der Waals surface area contributed by atoms with E-state index in [0.29, 0.717) is 0 Å².